The van der Waals surface area contributed by atoms with Gasteiger partial charge >= 0.3 is 0 Å². The van der Waals surface area contributed by atoms with Gasteiger partial charge in [0.15, 0.2) is 12.3 Å². The Morgan fingerprint density at radius 2 is 2.16 bits per heavy atom. The molecule has 1 aliphatic rings. The van der Waals surface area contributed by atoms with Crippen LogP contribution in [0.25, 0.3) is 0 Å². The summed E-state index contributed by atoms with van der Waals surface area (Å²) in [5.74, 6) is -0.267. The Kier molecular flexibility index (Phi) is 5.55. The van der Waals surface area contributed by atoms with Gasteiger partial charge in [-0.05, 0) is 43.9 Å². The SMILES string of the molecule is O=C(NC1CCC(O)CC1)c1coc(COc2ccc(F)cc2Cl)n1. The smallest absolute Gasteiger partial charge is 0.273 e. The minimum Gasteiger partial charge on any atom is -0.482 e. The van der Waals surface area contributed by atoms with Crippen molar-refractivity contribution >= 4 is 17.5 Å². The number of aliphatic hydroxyl groups excluding tert-OH is 1. The second kappa shape index (κ2) is 7.84. The van der Waals surface area contributed by atoms with Crippen molar-refractivity contribution in [1.29, 1.82) is 0 Å². The van der Waals surface area contributed by atoms with Crippen molar-refractivity contribution in [3.63, 3.8) is 0 Å². The van der Waals surface area contributed by atoms with E-state index < -0.39 is 5.82 Å². The first-order chi connectivity index (χ1) is 12.0. The maximum Gasteiger partial charge on any atom is 0.273 e. The molecule has 0 unspecified atom stereocenters. The number of oxazole rings is 1. The molecule has 0 spiro atoms. The molecule has 1 aliphatic carbocycles. The second-order valence-corrected chi connectivity index (χ2v) is 6.38. The molecule has 1 aromatic heterocycles. The van der Waals surface area contributed by atoms with Gasteiger partial charge < -0.3 is 19.6 Å². The standard InChI is InChI=1S/C17H18ClFN2O4/c18-13-7-10(19)1-6-15(13)24-9-16-21-14(8-25-16)17(23)20-11-2-4-12(22)5-3-11/h1,6-8,11-12,22H,2-5,9H2,(H,20,23). The third-order valence-corrected chi connectivity index (χ3v) is 4.36. The van der Waals surface area contributed by atoms with E-state index in [2.05, 4.69) is 10.3 Å². The zero-order valence-electron chi connectivity index (χ0n) is 13.4. The molecular formula is C17H18ClFN2O4. The van der Waals surface area contributed by atoms with E-state index in [1.807, 2.05) is 0 Å². The predicted octanol–water partition coefficient (Wildman–Crippen LogP) is 3.08. The molecule has 1 heterocycles. The molecule has 6 nitrogen and oxygen atoms in total. The molecule has 0 aliphatic heterocycles. The highest BCUT2D eigenvalue weighted by Crippen LogP contribution is 2.25. The van der Waals surface area contributed by atoms with Crippen LogP contribution < -0.4 is 10.1 Å². The average molecular weight is 369 g/mol. The first kappa shape index (κ1) is 17.7. The van der Waals surface area contributed by atoms with Gasteiger partial charge in [-0.15, -0.1) is 0 Å². The lowest BCUT2D eigenvalue weighted by Crippen LogP contribution is -2.38. The zero-order valence-corrected chi connectivity index (χ0v) is 14.1. The van der Waals surface area contributed by atoms with Crippen molar-refractivity contribution in [2.24, 2.45) is 0 Å². The lowest BCUT2D eigenvalue weighted by Gasteiger charge is -2.25. The maximum absolute atomic E-state index is 13.0. The van der Waals surface area contributed by atoms with Crippen LogP contribution in [0.3, 0.4) is 0 Å². The van der Waals surface area contributed by atoms with Crippen LogP contribution >= 0.6 is 11.6 Å². The fourth-order valence-electron chi connectivity index (χ4n) is 2.69. The van der Waals surface area contributed by atoms with Crippen LogP contribution in [0.15, 0.2) is 28.9 Å². The summed E-state index contributed by atoms with van der Waals surface area (Å²) in [5.41, 5.74) is 0.162. The van der Waals surface area contributed by atoms with E-state index in [1.54, 1.807) is 0 Å². The van der Waals surface area contributed by atoms with Crippen LogP contribution in [0.5, 0.6) is 5.75 Å². The Morgan fingerprint density at radius 1 is 1.40 bits per heavy atom. The van der Waals surface area contributed by atoms with Crippen LogP contribution in [-0.4, -0.2) is 28.1 Å². The molecule has 0 bridgehead atoms. The molecule has 25 heavy (non-hydrogen) atoms. The minimum atomic E-state index is -0.456. The van der Waals surface area contributed by atoms with Crippen molar-refractivity contribution in [3.05, 3.63) is 46.9 Å². The van der Waals surface area contributed by atoms with Crippen molar-refractivity contribution < 1.29 is 23.4 Å². The van der Waals surface area contributed by atoms with Gasteiger partial charge in [-0.1, -0.05) is 11.6 Å². The number of aliphatic hydroxyl groups is 1. The molecule has 134 valence electrons. The normalized spacial score (nSPS) is 20.3. The number of benzene rings is 1. The number of rotatable bonds is 5. The predicted molar refractivity (Wildman–Crippen MR) is 88.0 cm³/mol. The fraction of sp³-hybridized carbons (Fsp3) is 0.412. The summed E-state index contributed by atoms with van der Waals surface area (Å²) in [7, 11) is 0. The van der Waals surface area contributed by atoms with E-state index in [9.17, 15) is 14.3 Å². The summed E-state index contributed by atoms with van der Waals surface area (Å²) in [6.45, 7) is -0.0335. The summed E-state index contributed by atoms with van der Waals surface area (Å²) >= 11 is 5.87. The quantitative estimate of drug-likeness (QED) is 0.847. The number of carbonyl (C=O) groups is 1. The Balaban J connectivity index is 1.54. The van der Waals surface area contributed by atoms with Crippen LogP contribution in [-0.2, 0) is 6.61 Å². The first-order valence-electron chi connectivity index (χ1n) is 8.02. The molecule has 0 atom stereocenters. The van der Waals surface area contributed by atoms with Gasteiger partial charge in [0.25, 0.3) is 5.91 Å². The number of nitrogens with zero attached hydrogens (tertiary/aromatic N) is 1. The Labute approximate surface area is 149 Å². The van der Waals surface area contributed by atoms with E-state index in [-0.39, 0.29) is 41.3 Å². The molecule has 2 N–H and O–H groups in total. The highest BCUT2D eigenvalue weighted by molar-refractivity contribution is 6.32. The maximum atomic E-state index is 13.0. The number of halogens is 2. The topological polar surface area (TPSA) is 84.6 Å². The van der Waals surface area contributed by atoms with Crippen LogP contribution in [0.1, 0.15) is 42.1 Å². The molecule has 1 amide bonds. The third-order valence-electron chi connectivity index (χ3n) is 4.06. The number of ether oxygens (including phenoxy) is 1. The molecule has 1 aromatic carbocycles. The number of amides is 1. The number of carbonyl (C=O) groups excluding carboxylic acids is 1. The van der Waals surface area contributed by atoms with E-state index >= 15 is 0 Å². The van der Waals surface area contributed by atoms with Gasteiger partial charge in [0.05, 0.1) is 11.1 Å². The molecule has 3 rings (SSSR count). The van der Waals surface area contributed by atoms with Crippen molar-refractivity contribution in [2.75, 3.05) is 0 Å². The zero-order chi connectivity index (χ0) is 17.8. The Bertz CT molecular complexity index is 744. The highest BCUT2D eigenvalue weighted by atomic mass is 35.5. The van der Waals surface area contributed by atoms with Crippen LogP contribution in [0.2, 0.25) is 5.02 Å². The van der Waals surface area contributed by atoms with Crippen molar-refractivity contribution in [1.82, 2.24) is 10.3 Å². The number of hydrogen-bond acceptors (Lipinski definition) is 5. The monoisotopic (exact) mass is 368 g/mol. The summed E-state index contributed by atoms with van der Waals surface area (Å²) < 4.78 is 23.6. The van der Waals surface area contributed by atoms with Gasteiger partial charge in [0.2, 0.25) is 5.89 Å². The molecule has 0 radical (unpaired) electrons. The summed E-state index contributed by atoms with van der Waals surface area (Å²) in [5, 5.41) is 12.5. The average Bonchev–Trinajstić information content (AvgIpc) is 3.05. The number of aromatic nitrogens is 1. The lowest BCUT2D eigenvalue weighted by molar-refractivity contribution is 0.0863. The summed E-state index contributed by atoms with van der Waals surface area (Å²) in [4.78, 5) is 16.3. The summed E-state index contributed by atoms with van der Waals surface area (Å²) in [6.07, 6.45) is 3.83. The van der Waals surface area contributed by atoms with E-state index in [0.717, 1.165) is 18.9 Å². The van der Waals surface area contributed by atoms with Gasteiger partial charge in [0.1, 0.15) is 17.8 Å². The number of nitrogens with one attached hydrogen (secondary N) is 1. The fourth-order valence-corrected chi connectivity index (χ4v) is 2.91. The van der Waals surface area contributed by atoms with Crippen molar-refractivity contribution in [2.45, 2.75) is 44.4 Å². The first-order valence-corrected chi connectivity index (χ1v) is 8.40. The highest BCUT2D eigenvalue weighted by Gasteiger charge is 2.22. The van der Waals surface area contributed by atoms with E-state index in [4.69, 9.17) is 20.8 Å². The van der Waals surface area contributed by atoms with Gasteiger partial charge in [-0.25, -0.2) is 9.37 Å². The largest absolute Gasteiger partial charge is 0.482 e. The molecule has 2 aromatic rings. The van der Waals surface area contributed by atoms with Gasteiger partial charge in [0, 0.05) is 6.04 Å². The molecule has 1 fully saturated rings. The minimum absolute atomic E-state index is 0.0327. The third kappa shape index (κ3) is 4.70. The Hall–Kier alpha value is -2.12. The number of hydrogen-bond donors (Lipinski definition) is 2. The molecule has 0 saturated heterocycles. The molecular weight excluding hydrogens is 351 g/mol. The van der Waals surface area contributed by atoms with Gasteiger partial charge in [-0.3, -0.25) is 4.79 Å². The molecule has 8 heteroatoms. The van der Waals surface area contributed by atoms with Crippen LogP contribution in [0.4, 0.5) is 4.39 Å². The Morgan fingerprint density at radius 3 is 2.88 bits per heavy atom. The van der Waals surface area contributed by atoms with Crippen LogP contribution in [0, 0.1) is 5.82 Å². The lowest BCUT2D eigenvalue weighted by atomic mass is 9.93. The summed E-state index contributed by atoms with van der Waals surface area (Å²) in [6, 6.07) is 3.82. The van der Waals surface area contributed by atoms with Gasteiger partial charge in [-0.2, -0.15) is 0 Å². The second-order valence-electron chi connectivity index (χ2n) is 5.97. The van der Waals surface area contributed by atoms with Crippen molar-refractivity contribution in [3.8, 4) is 5.75 Å². The molecule has 1 saturated carbocycles. The van der Waals surface area contributed by atoms with E-state index in [0.29, 0.717) is 18.6 Å². The van der Waals surface area contributed by atoms with E-state index in [1.165, 1.54) is 18.4 Å².